The standard InChI is InChI=1S/C24H21N3O5S/c1-2-27-20-10-11-21(16-7-5-8-17(22(16)20)23(27)28)33(31,32)26-19(24(29)30)12-14-13-25-18-9-4-3-6-15(14)18/h3-11,13,19,25-26H,2,12H2,1H3,(H,29,30)/p-1/t19-/m1/s1. The van der Waals surface area contributed by atoms with Crippen molar-refractivity contribution in [1.82, 2.24) is 9.71 Å². The molecule has 3 aromatic carbocycles. The average molecular weight is 463 g/mol. The quantitative estimate of drug-likeness (QED) is 0.435. The van der Waals surface area contributed by atoms with Gasteiger partial charge in [-0.2, -0.15) is 0 Å². The van der Waals surface area contributed by atoms with E-state index in [1.54, 1.807) is 35.4 Å². The largest absolute Gasteiger partial charge is 0.548 e. The summed E-state index contributed by atoms with van der Waals surface area (Å²) < 4.78 is 28.9. The molecule has 0 bridgehead atoms. The lowest BCUT2D eigenvalue weighted by Crippen LogP contribution is -2.49. The molecular weight excluding hydrogens is 442 g/mol. The number of carboxylic acids is 1. The van der Waals surface area contributed by atoms with Gasteiger partial charge in [0.05, 0.1) is 22.6 Å². The van der Waals surface area contributed by atoms with Crippen LogP contribution in [0.5, 0.6) is 0 Å². The molecule has 0 aliphatic carbocycles. The van der Waals surface area contributed by atoms with E-state index in [1.807, 2.05) is 31.2 Å². The smallest absolute Gasteiger partial charge is 0.258 e. The van der Waals surface area contributed by atoms with Crippen LogP contribution in [0.1, 0.15) is 22.8 Å². The normalized spacial score (nSPS) is 14.3. The molecule has 2 heterocycles. The van der Waals surface area contributed by atoms with Crippen LogP contribution in [0.3, 0.4) is 0 Å². The van der Waals surface area contributed by atoms with Crippen molar-refractivity contribution in [3.05, 3.63) is 71.9 Å². The molecule has 0 unspecified atom stereocenters. The molecule has 1 amide bonds. The fourth-order valence-electron chi connectivity index (χ4n) is 4.51. The highest BCUT2D eigenvalue weighted by Crippen LogP contribution is 2.40. The van der Waals surface area contributed by atoms with E-state index in [4.69, 9.17) is 0 Å². The van der Waals surface area contributed by atoms with E-state index in [-0.39, 0.29) is 17.2 Å². The Labute approximate surface area is 189 Å². The number of benzene rings is 3. The van der Waals surface area contributed by atoms with Crippen LogP contribution in [0.25, 0.3) is 21.7 Å². The average Bonchev–Trinajstić information content (AvgIpc) is 3.33. The number of fused-ring (bicyclic) bond motifs is 1. The van der Waals surface area contributed by atoms with Crippen LogP contribution in [0.2, 0.25) is 0 Å². The lowest BCUT2D eigenvalue weighted by molar-refractivity contribution is -0.307. The number of aliphatic carboxylic acids is 1. The summed E-state index contributed by atoms with van der Waals surface area (Å²) in [6, 6.07) is 13.8. The first-order chi connectivity index (χ1) is 15.8. The molecule has 1 aliphatic heterocycles. The molecule has 168 valence electrons. The monoisotopic (exact) mass is 462 g/mol. The van der Waals surface area contributed by atoms with Crippen molar-refractivity contribution in [3.8, 4) is 0 Å². The number of H-pyrrole nitrogens is 1. The number of anilines is 1. The van der Waals surface area contributed by atoms with Crippen LogP contribution >= 0.6 is 0 Å². The zero-order valence-corrected chi connectivity index (χ0v) is 18.5. The van der Waals surface area contributed by atoms with E-state index in [9.17, 15) is 23.1 Å². The van der Waals surface area contributed by atoms with Crippen LogP contribution < -0.4 is 14.7 Å². The van der Waals surface area contributed by atoms with Crippen molar-refractivity contribution >= 4 is 49.3 Å². The summed E-state index contributed by atoms with van der Waals surface area (Å²) in [6.07, 6.45) is 1.58. The van der Waals surface area contributed by atoms with E-state index < -0.39 is 22.0 Å². The highest BCUT2D eigenvalue weighted by atomic mass is 32.2. The van der Waals surface area contributed by atoms with Crippen LogP contribution in [0, 0.1) is 0 Å². The number of hydrogen-bond donors (Lipinski definition) is 2. The number of aromatic nitrogens is 1. The van der Waals surface area contributed by atoms with Crippen LogP contribution in [-0.4, -0.2) is 37.9 Å². The number of nitrogens with zero attached hydrogens (tertiary/aromatic N) is 1. The van der Waals surface area contributed by atoms with Crippen molar-refractivity contribution < 1.29 is 23.1 Å². The number of sulfonamides is 1. The maximum absolute atomic E-state index is 13.3. The number of carbonyl (C=O) groups is 2. The van der Waals surface area contributed by atoms with Gasteiger partial charge in [-0.3, -0.25) is 4.79 Å². The highest BCUT2D eigenvalue weighted by molar-refractivity contribution is 7.89. The Morgan fingerprint density at radius 1 is 1.09 bits per heavy atom. The molecule has 5 rings (SSSR count). The molecule has 0 saturated carbocycles. The van der Waals surface area contributed by atoms with Gasteiger partial charge < -0.3 is 19.8 Å². The van der Waals surface area contributed by atoms with E-state index >= 15 is 0 Å². The van der Waals surface area contributed by atoms with Gasteiger partial charge in [-0.05, 0) is 43.2 Å². The molecular formula is C24H20N3O5S-. The fraction of sp³-hybridized carbons (Fsp3) is 0.167. The van der Waals surface area contributed by atoms with Crippen molar-refractivity contribution in [2.24, 2.45) is 0 Å². The number of carbonyl (C=O) groups excluding carboxylic acids is 2. The second-order valence-electron chi connectivity index (χ2n) is 7.92. The minimum absolute atomic E-state index is 0.0842. The van der Waals surface area contributed by atoms with Gasteiger partial charge in [-0.1, -0.05) is 30.3 Å². The molecule has 0 radical (unpaired) electrons. The van der Waals surface area contributed by atoms with Crippen molar-refractivity contribution in [2.45, 2.75) is 24.3 Å². The van der Waals surface area contributed by atoms with Gasteiger partial charge in [0, 0.05) is 40.0 Å². The predicted octanol–water partition coefficient (Wildman–Crippen LogP) is 1.94. The Morgan fingerprint density at radius 3 is 2.61 bits per heavy atom. The number of amides is 1. The van der Waals surface area contributed by atoms with Crippen LogP contribution in [0.15, 0.2) is 65.7 Å². The minimum Gasteiger partial charge on any atom is -0.548 e. The third-order valence-electron chi connectivity index (χ3n) is 6.03. The molecule has 4 aromatic rings. The van der Waals surface area contributed by atoms with Gasteiger partial charge >= 0.3 is 0 Å². The third kappa shape index (κ3) is 3.37. The maximum atomic E-state index is 13.3. The second-order valence-corrected chi connectivity index (χ2v) is 9.60. The van der Waals surface area contributed by atoms with Crippen molar-refractivity contribution in [2.75, 3.05) is 11.4 Å². The van der Waals surface area contributed by atoms with Gasteiger partial charge in [0.15, 0.2) is 0 Å². The summed E-state index contributed by atoms with van der Waals surface area (Å²) in [5, 5.41) is 13.6. The third-order valence-corrected chi connectivity index (χ3v) is 7.56. The van der Waals surface area contributed by atoms with Crippen LogP contribution in [-0.2, 0) is 21.2 Å². The Bertz CT molecular complexity index is 1540. The number of aromatic amines is 1. The molecule has 33 heavy (non-hydrogen) atoms. The Kier molecular flexibility index (Phi) is 4.95. The summed E-state index contributed by atoms with van der Waals surface area (Å²) in [4.78, 5) is 29.1. The molecule has 0 spiro atoms. The van der Waals surface area contributed by atoms with Gasteiger partial charge in [0.1, 0.15) is 0 Å². The molecule has 0 saturated heterocycles. The van der Waals surface area contributed by atoms with Gasteiger partial charge in [0.25, 0.3) is 5.91 Å². The molecule has 0 fully saturated rings. The van der Waals surface area contributed by atoms with E-state index in [0.717, 1.165) is 10.9 Å². The Hall–Kier alpha value is -3.69. The summed E-state index contributed by atoms with van der Waals surface area (Å²) in [7, 11) is -4.25. The first-order valence-corrected chi connectivity index (χ1v) is 12.0. The zero-order chi connectivity index (χ0) is 23.3. The molecule has 2 N–H and O–H groups in total. The Balaban J connectivity index is 1.54. The first-order valence-electron chi connectivity index (χ1n) is 10.5. The SMILES string of the molecule is CCN1C(=O)c2cccc3c(S(=O)(=O)N[C@H](Cc4c[nH]c5ccccc45)C(=O)[O-])ccc1c23. The lowest BCUT2D eigenvalue weighted by Gasteiger charge is -2.21. The zero-order valence-electron chi connectivity index (χ0n) is 17.7. The second kappa shape index (κ2) is 7.72. The molecule has 1 aromatic heterocycles. The lowest BCUT2D eigenvalue weighted by atomic mass is 10.1. The Morgan fingerprint density at radius 2 is 1.85 bits per heavy atom. The number of carboxylic acid groups (broad SMARTS) is 1. The predicted molar refractivity (Wildman–Crippen MR) is 122 cm³/mol. The number of nitrogens with one attached hydrogen (secondary N) is 2. The number of para-hydroxylation sites is 1. The van der Waals surface area contributed by atoms with Crippen molar-refractivity contribution in [1.29, 1.82) is 0 Å². The van der Waals surface area contributed by atoms with Crippen LogP contribution in [0.4, 0.5) is 5.69 Å². The van der Waals surface area contributed by atoms with E-state index in [0.29, 0.717) is 34.1 Å². The number of hydrogen-bond acceptors (Lipinski definition) is 5. The summed E-state index contributed by atoms with van der Waals surface area (Å²) >= 11 is 0. The number of rotatable bonds is 7. The summed E-state index contributed by atoms with van der Waals surface area (Å²) in [5.74, 6) is -1.71. The fourth-order valence-corrected chi connectivity index (χ4v) is 5.90. The molecule has 1 aliphatic rings. The van der Waals surface area contributed by atoms with Crippen molar-refractivity contribution in [3.63, 3.8) is 0 Å². The molecule has 8 nitrogen and oxygen atoms in total. The van der Waals surface area contributed by atoms with Gasteiger partial charge in [0.2, 0.25) is 10.0 Å². The summed E-state index contributed by atoms with van der Waals surface area (Å²) in [5.41, 5.74) is 2.55. The van der Waals surface area contributed by atoms with Gasteiger partial charge in [-0.25, -0.2) is 13.1 Å². The maximum Gasteiger partial charge on any atom is 0.258 e. The minimum atomic E-state index is -4.25. The van der Waals surface area contributed by atoms with E-state index in [1.165, 1.54) is 6.07 Å². The highest BCUT2D eigenvalue weighted by Gasteiger charge is 2.32. The van der Waals surface area contributed by atoms with Gasteiger partial charge in [-0.15, -0.1) is 0 Å². The first kappa shape index (κ1) is 21.2. The topological polar surface area (TPSA) is 122 Å². The summed E-state index contributed by atoms with van der Waals surface area (Å²) in [6.45, 7) is 2.29. The molecule has 9 heteroatoms. The van der Waals surface area contributed by atoms with E-state index in [2.05, 4.69) is 9.71 Å². The molecule has 1 atom stereocenters.